The van der Waals surface area contributed by atoms with Crippen molar-refractivity contribution in [3.63, 3.8) is 0 Å². The molecule has 12 heavy (non-hydrogen) atoms. The molecular formula is C9H18NSe2-. The zero-order valence-electron chi connectivity index (χ0n) is 8.01. The van der Waals surface area contributed by atoms with E-state index in [9.17, 15) is 0 Å². The summed E-state index contributed by atoms with van der Waals surface area (Å²) in [5.41, 5.74) is 0. The summed E-state index contributed by atoms with van der Waals surface area (Å²) in [6.45, 7) is 6.84. The van der Waals surface area contributed by atoms with Crippen molar-refractivity contribution in [2.45, 2.75) is 39.5 Å². The van der Waals surface area contributed by atoms with Crippen LogP contribution >= 0.6 is 0 Å². The normalized spacial score (nSPS) is 9.83. The van der Waals surface area contributed by atoms with Crippen molar-refractivity contribution in [2.24, 2.45) is 0 Å². The van der Waals surface area contributed by atoms with Crippen molar-refractivity contribution in [3.8, 4) is 0 Å². The molecule has 0 aromatic carbocycles. The van der Waals surface area contributed by atoms with E-state index in [1.807, 2.05) is 0 Å². The molecule has 72 valence electrons. The molecule has 0 spiro atoms. The van der Waals surface area contributed by atoms with E-state index in [0.717, 1.165) is 0 Å². The van der Waals surface area contributed by atoms with Gasteiger partial charge in [-0.25, -0.2) is 0 Å². The molecular weight excluding hydrogens is 280 g/mol. The molecule has 1 nitrogen and oxygen atoms in total. The fraction of sp³-hybridized carbons (Fsp3) is 0.889. The summed E-state index contributed by atoms with van der Waals surface area (Å²) in [6, 6.07) is 0. The molecule has 0 rings (SSSR count). The molecule has 0 amide bonds. The topological polar surface area (TPSA) is 3.24 Å². The summed E-state index contributed by atoms with van der Waals surface area (Å²) in [7, 11) is 0. The molecule has 0 heterocycles. The molecule has 0 bridgehead atoms. The van der Waals surface area contributed by atoms with Gasteiger partial charge in [0.2, 0.25) is 0 Å². The van der Waals surface area contributed by atoms with E-state index in [1.165, 1.54) is 42.2 Å². The molecule has 0 fully saturated rings. The summed E-state index contributed by atoms with van der Waals surface area (Å²) < 4.78 is 1.22. The van der Waals surface area contributed by atoms with Crippen molar-refractivity contribution in [3.05, 3.63) is 0 Å². The monoisotopic (exact) mass is 300 g/mol. The van der Waals surface area contributed by atoms with Gasteiger partial charge in [0.25, 0.3) is 0 Å². The van der Waals surface area contributed by atoms with Gasteiger partial charge in [0.1, 0.15) is 0 Å². The van der Waals surface area contributed by atoms with E-state index in [-0.39, 0.29) is 0 Å². The van der Waals surface area contributed by atoms with E-state index in [0.29, 0.717) is 0 Å². The average Bonchev–Trinajstić information content (AvgIpc) is 2.04. The van der Waals surface area contributed by atoms with E-state index >= 15 is 0 Å². The van der Waals surface area contributed by atoms with Gasteiger partial charge in [-0.2, -0.15) is 0 Å². The Morgan fingerprint density at radius 2 is 1.58 bits per heavy atom. The molecule has 0 saturated carbocycles. The third kappa shape index (κ3) is 6.25. The number of unbranched alkanes of at least 4 members (excludes halogenated alkanes) is 2. The Bertz CT molecular complexity index is 118. The molecule has 0 saturated heterocycles. The third-order valence-electron chi connectivity index (χ3n) is 1.82. The first-order chi connectivity index (χ1) is 5.72. The van der Waals surface area contributed by atoms with Crippen LogP contribution in [0, 0.1) is 0 Å². The Kier molecular flexibility index (Phi) is 8.80. The maximum absolute atomic E-state index is 3.04. The minimum atomic E-state index is 1.19. The Morgan fingerprint density at radius 3 is 1.83 bits per heavy atom. The molecule has 0 aliphatic carbocycles. The number of nitrogens with zero attached hydrogens (tertiary/aromatic N) is 1. The van der Waals surface area contributed by atoms with Gasteiger partial charge in [0, 0.05) is 0 Å². The first-order valence-corrected chi connectivity index (χ1v) is 6.39. The quantitative estimate of drug-likeness (QED) is 0.641. The molecule has 0 aliphatic heterocycles. The average molecular weight is 298 g/mol. The summed E-state index contributed by atoms with van der Waals surface area (Å²) >= 11 is 6.09. The van der Waals surface area contributed by atoms with Crippen LogP contribution in [0.2, 0.25) is 0 Å². The molecule has 0 aliphatic rings. The third-order valence-corrected chi connectivity index (χ3v) is 2.90. The van der Waals surface area contributed by atoms with Crippen LogP contribution in [0.5, 0.6) is 0 Å². The van der Waals surface area contributed by atoms with Crippen molar-refractivity contribution in [1.29, 1.82) is 0 Å². The molecule has 0 aromatic heterocycles. The zero-order chi connectivity index (χ0) is 9.40. The van der Waals surface area contributed by atoms with Gasteiger partial charge >= 0.3 is 92.5 Å². The summed E-state index contributed by atoms with van der Waals surface area (Å²) in [6.07, 6.45) is 5.12. The second kappa shape index (κ2) is 8.31. The molecule has 0 N–H and O–H groups in total. The first-order valence-electron chi connectivity index (χ1n) is 4.68. The second-order valence-corrected chi connectivity index (χ2v) is 5.89. The molecule has 0 unspecified atom stereocenters. The first kappa shape index (κ1) is 12.7. The Morgan fingerprint density at radius 1 is 1.17 bits per heavy atom. The fourth-order valence-electron chi connectivity index (χ4n) is 0.992. The van der Waals surface area contributed by atoms with Crippen molar-refractivity contribution in [1.82, 2.24) is 4.90 Å². The van der Waals surface area contributed by atoms with Gasteiger partial charge in [-0.3, -0.25) is 0 Å². The summed E-state index contributed by atoms with van der Waals surface area (Å²) in [4.78, 5) is 2.40. The van der Waals surface area contributed by atoms with Crippen LogP contribution in [0.1, 0.15) is 39.5 Å². The van der Waals surface area contributed by atoms with Gasteiger partial charge < -0.3 is 0 Å². The predicted molar refractivity (Wildman–Crippen MR) is 57.9 cm³/mol. The van der Waals surface area contributed by atoms with E-state index in [2.05, 4.69) is 50.3 Å². The van der Waals surface area contributed by atoms with Crippen molar-refractivity contribution < 1.29 is 0 Å². The zero-order valence-corrected chi connectivity index (χ0v) is 11.4. The van der Waals surface area contributed by atoms with Gasteiger partial charge in [-0.15, -0.1) is 0 Å². The second-order valence-electron chi connectivity index (χ2n) is 2.96. The van der Waals surface area contributed by atoms with Gasteiger partial charge in [0.15, 0.2) is 0 Å². The van der Waals surface area contributed by atoms with Crippen LogP contribution in [0.3, 0.4) is 0 Å². The van der Waals surface area contributed by atoms with E-state index in [4.69, 9.17) is 0 Å². The fourth-order valence-corrected chi connectivity index (χ4v) is 1.76. The van der Waals surface area contributed by atoms with Crippen LogP contribution in [-0.2, 0) is 0 Å². The molecule has 0 atom stereocenters. The number of hydrogen-bond donors (Lipinski definition) is 0. The van der Waals surface area contributed by atoms with Gasteiger partial charge in [-0.1, -0.05) is 0 Å². The molecule has 0 aromatic rings. The summed E-state index contributed by atoms with van der Waals surface area (Å²) in [5, 5.41) is 0. The van der Waals surface area contributed by atoms with Gasteiger partial charge in [0.05, 0.1) is 0 Å². The standard InChI is InChI=1S/C9H19NSe2/c1-3-5-7-10(9(11)12)8-6-4-2/h3-8H2,1-2H3,(H,11,12)/p-1. The van der Waals surface area contributed by atoms with Crippen LogP contribution in [0.15, 0.2) is 0 Å². The van der Waals surface area contributed by atoms with E-state index in [1.54, 1.807) is 0 Å². The van der Waals surface area contributed by atoms with Crippen LogP contribution in [-0.4, -0.2) is 53.0 Å². The number of rotatable bonds is 7. The summed E-state index contributed by atoms with van der Waals surface area (Å²) in [5.74, 6) is 0. The maximum atomic E-state index is 3.04. The van der Waals surface area contributed by atoms with Crippen LogP contribution in [0.4, 0.5) is 0 Å². The SMILES string of the molecule is CCCCN(CCCC)C(=[Se])[Se-]. The van der Waals surface area contributed by atoms with Gasteiger partial charge in [-0.05, 0) is 0 Å². The Balaban J connectivity index is 3.62. The minimum absolute atomic E-state index is 1.19. The van der Waals surface area contributed by atoms with Crippen LogP contribution in [0.25, 0.3) is 0 Å². The Labute approximate surface area is 92.5 Å². The predicted octanol–water partition coefficient (Wildman–Crippen LogP) is 1.31. The van der Waals surface area contributed by atoms with Crippen molar-refractivity contribution in [2.75, 3.05) is 13.1 Å². The number of hydrogen-bond acceptors (Lipinski definition) is 1. The molecule has 3 heteroatoms. The van der Waals surface area contributed by atoms with E-state index < -0.39 is 0 Å². The Hall–Kier alpha value is 0.709. The van der Waals surface area contributed by atoms with Crippen LogP contribution < -0.4 is 0 Å². The molecule has 0 radical (unpaired) electrons. The van der Waals surface area contributed by atoms with Crippen molar-refractivity contribution >= 4 is 35.0 Å².